The number of nitrogens with zero attached hydrogens (tertiary/aromatic N) is 2. The highest BCUT2D eigenvalue weighted by Crippen LogP contribution is 2.35. The predicted octanol–water partition coefficient (Wildman–Crippen LogP) is 3.77. The van der Waals surface area contributed by atoms with E-state index >= 15 is 0 Å². The Bertz CT molecular complexity index is 736. The van der Waals surface area contributed by atoms with Gasteiger partial charge < -0.3 is 10.0 Å². The number of carbonyl (C=O) groups is 2. The van der Waals surface area contributed by atoms with E-state index in [0.717, 1.165) is 4.88 Å². The SMILES string of the molecule is Cc1nc(-c2ccc(Cl)s2)sc1C(=O)N(C)C(C)(C)C(=O)O. The molecular weight excluding hydrogens is 344 g/mol. The van der Waals surface area contributed by atoms with Gasteiger partial charge in [0.1, 0.15) is 15.4 Å². The Labute approximate surface area is 141 Å². The average Bonchev–Trinajstić information content (AvgIpc) is 3.03. The van der Waals surface area contributed by atoms with Crippen LogP contribution < -0.4 is 0 Å². The van der Waals surface area contributed by atoms with E-state index in [1.807, 2.05) is 6.07 Å². The summed E-state index contributed by atoms with van der Waals surface area (Å²) in [5.41, 5.74) is -0.706. The van der Waals surface area contributed by atoms with Crippen LogP contribution in [0.2, 0.25) is 4.34 Å². The van der Waals surface area contributed by atoms with Crippen molar-refractivity contribution in [2.75, 3.05) is 7.05 Å². The molecule has 22 heavy (non-hydrogen) atoms. The molecule has 0 aromatic carbocycles. The second kappa shape index (κ2) is 5.98. The lowest BCUT2D eigenvalue weighted by molar-refractivity contribution is -0.147. The third-order valence-corrected chi connectivity index (χ3v) is 5.99. The highest BCUT2D eigenvalue weighted by Gasteiger charge is 2.36. The Morgan fingerprint density at radius 2 is 1.95 bits per heavy atom. The molecule has 0 aliphatic heterocycles. The zero-order valence-corrected chi connectivity index (χ0v) is 14.9. The Balaban J connectivity index is 2.35. The van der Waals surface area contributed by atoms with Crippen LogP contribution in [0.3, 0.4) is 0 Å². The Hall–Kier alpha value is -1.44. The van der Waals surface area contributed by atoms with Crippen LogP contribution in [0.5, 0.6) is 0 Å². The number of carboxylic acids is 1. The molecule has 0 bridgehead atoms. The van der Waals surface area contributed by atoms with Gasteiger partial charge in [-0.15, -0.1) is 22.7 Å². The van der Waals surface area contributed by atoms with E-state index in [4.69, 9.17) is 11.6 Å². The maximum absolute atomic E-state index is 12.6. The van der Waals surface area contributed by atoms with Gasteiger partial charge in [0, 0.05) is 7.05 Å². The van der Waals surface area contributed by atoms with Gasteiger partial charge in [0.15, 0.2) is 0 Å². The van der Waals surface area contributed by atoms with E-state index in [1.165, 1.54) is 48.5 Å². The largest absolute Gasteiger partial charge is 0.480 e. The minimum atomic E-state index is -1.29. The second-order valence-corrected chi connectivity index (χ2v) is 7.98. The Morgan fingerprint density at radius 3 is 2.45 bits per heavy atom. The maximum atomic E-state index is 12.6. The van der Waals surface area contributed by atoms with Crippen molar-refractivity contribution in [1.29, 1.82) is 0 Å². The summed E-state index contributed by atoms with van der Waals surface area (Å²) in [5, 5.41) is 9.95. The van der Waals surface area contributed by atoms with Gasteiger partial charge in [-0.05, 0) is 32.9 Å². The van der Waals surface area contributed by atoms with E-state index < -0.39 is 11.5 Å². The van der Waals surface area contributed by atoms with Gasteiger partial charge in [-0.3, -0.25) is 4.79 Å². The summed E-state index contributed by atoms with van der Waals surface area (Å²) in [5.74, 6) is -1.41. The molecule has 0 saturated carbocycles. The van der Waals surface area contributed by atoms with Crippen molar-refractivity contribution < 1.29 is 14.7 Å². The third kappa shape index (κ3) is 3.02. The molecule has 0 atom stereocenters. The van der Waals surface area contributed by atoms with Crippen LogP contribution >= 0.6 is 34.3 Å². The maximum Gasteiger partial charge on any atom is 0.329 e. The molecular formula is C14H15ClN2O3S2. The van der Waals surface area contributed by atoms with E-state index in [1.54, 1.807) is 13.0 Å². The van der Waals surface area contributed by atoms with Crippen LogP contribution in [-0.2, 0) is 4.79 Å². The molecule has 0 saturated heterocycles. The van der Waals surface area contributed by atoms with Crippen LogP contribution in [0.4, 0.5) is 0 Å². The molecule has 2 aromatic rings. The van der Waals surface area contributed by atoms with Crippen molar-refractivity contribution in [3.63, 3.8) is 0 Å². The highest BCUT2D eigenvalue weighted by atomic mass is 35.5. The lowest BCUT2D eigenvalue weighted by Gasteiger charge is -2.31. The molecule has 0 fully saturated rings. The first-order valence-electron chi connectivity index (χ1n) is 6.39. The Kier molecular flexibility index (Phi) is 4.60. The first-order valence-corrected chi connectivity index (χ1v) is 8.40. The number of thiazole rings is 1. The predicted molar refractivity (Wildman–Crippen MR) is 89.0 cm³/mol. The summed E-state index contributed by atoms with van der Waals surface area (Å²) >= 11 is 8.55. The van der Waals surface area contributed by atoms with Crippen molar-refractivity contribution in [3.8, 4) is 9.88 Å². The first kappa shape index (κ1) is 16.9. The number of amides is 1. The lowest BCUT2D eigenvalue weighted by Crippen LogP contribution is -2.50. The number of thiophene rings is 1. The van der Waals surface area contributed by atoms with Gasteiger partial charge >= 0.3 is 5.97 Å². The molecule has 0 aliphatic carbocycles. The average molecular weight is 359 g/mol. The minimum Gasteiger partial charge on any atom is -0.480 e. The smallest absolute Gasteiger partial charge is 0.329 e. The molecule has 2 heterocycles. The highest BCUT2D eigenvalue weighted by molar-refractivity contribution is 7.24. The fraction of sp³-hybridized carbons (Fsp3) is 0.357. The molecule has 2 rings (SSSR count). The lowest BCUT2D eigenvalue weighted by atomic mass is 10.0. The molecule has 118 valence electrons. The molecule has 2 aromatic heterocycles. The number of aliphatic carboxylic acids is 1. The fourth-order valence-electron chi connectivity index (χ4n) is 1.68. The third-order valence-electron chi connectivity index (χ3n) is 3.44. The number of halogens is 1. The van der Waals surface area contributed by atoms with Gasteiger partial charge in [-0.2, -0.15) is 0 Å². The summed E-state index contributed by atoms with van der Waals surface area (Å²) < 4.78 is 0.653. The zero-order chi connectivity index (χ0) is 16.7. The number of aromatic nitrogens is 1. The van der Waals surface area contributed by atoms with Crippen LogP contribution in [-0.4, -0.2) is 39.5 Å². The van der Waals surface area contributed by atoms with E-state index in [0.29, 0.717) is 19.9 Å². The molecule has 8 heteroatoms. The van der Waals surface area contributed by atoms with E-state index in [2.05, 4.69) is 4.98 Å². The molecule has 0 spiro atoms. The van der Waals surface area contributed by atoms with Crippen molar-refractivity contribution in [2.24, 2.45) is 0 Å². The van der Waals surface area contributed by atoms with Crippen molar-refractivity contribution in [1.82, 2.24) is 9.88 Å². The van der Waals surface area contributed by atoms with Crippen LogP contribution in [0, 0.1) is 6.92 Å². The number of carbonyl (C=O) groups excluding carboxylic acids is 1. The molecule has 1 amide bonds. The summed E-state index contributed by atoms with van der Waals surface area (Å²) in [6, 6.07) is 3.63. The molecule has 5 nitrogen and oxygen atoms in total. The number of carboxylic acid groups (broad SMARTS) is 1. The van der Waals surface area contributed by atoms with E-state index in [-0.39, 0.29) is 5.91 Å². The number of rotatable bonds is 4. The van der Waals surface area contributed by atoms with Gasteiger partial charge in [-0.25, -0.2) is 9.78 Å². The molecule has 0 aliphatic rings. The number of aryl methyl sites for hydroxylation is 1. The fourth-order valence-corrected chi connectivity index (χ4v) is 3.82. The van der Waals surface area contributed by atoms with Gasteiger partial charge in [0.2, 0.25) is 0 Å². The number of hydrogen-bond acceptors (Lipinski definition) is 5. The van der Waals surface area contributed by atoms with Crippen LogP contribution in [0.25, 0.3) is 9.88 Å². The quantitative estimate of drug-likeness (QED) is 0.903. The van der Waals surface area contributed by atoms with Gasteiger partial charge in [-0.1, -0.05) is 11.6 Å². The zero-order valence-electron chi connectivity index (χ0n) is 12.5. The van der Waals surface area contributed by atoms with Crippen LogP contribution in [0.15, 0.2) is 12.1 Å². The Morgan fingerprint density at radius 1 is 1.32 bits per heavy atom. The normalized spacial score (nSPS) is 11.5. The van der Waals surface area contributed by atoms with E-state index in [9.17, 15) is 14.7 Å². The summed E-state index contributed by atoms with van der Waals surface area (Å²) in [4.78, 5) is 30.8. The molecule has 1 N–H and O–H groups in total. The minimum absolute atomic E-state index is 0.351. The number of hydrogen-bond donors (Lipinski definition) is 1. The van der Waals surface area contributed by atoms with Crippen molar-refractivity contribution in [3.05, 3.63) is 27.0 Å². The van der Waals surface area contributed by atoms with Crippen molar-refractivity contribution >= 4 is 46.2 Å². The summed E-state index contributed by atoms with van der Waals surface area (Å²) in [6.45, 7) is 4.72. The van der Waals surface area contributed by atoms with Gasteiger partial charge in [0.25, 0.3) is 5.91 Å². The standard InChI is InChI=1S/C14H15ClN2O3S2/c1-7-10(12(18)17(4)14(2,3)13(19)20)22-11(16-7)8-5-6-9(15)21-8/h5-6H,1-4H3,(H,19,20). The molecule has 0 unspecified atom stereocenters. The summed E-state index contributed by atoms with van der Waals surface area (Å²) in [6.07, 6.45) is 0. The summed E-state index contributed by atoms with van der Waals surface area (Å²) in [7, 11) is 1.48. The van der Waals surface area contributed by atoms with Crippen molar-refractivity contribution in [2.45, 2.75) is 26.3 Å². The first-order chi connectivity index (χ1) is 10.1. The topological polar surface area (TPSA) is 70.5 Å². The monoisotopic (exact) mass is 358 g/mol. The number of likely N-dealkylation sites (N-methyl/N-ethyl adjacent to an activating group) is 1. The van der Waals surface area contributed by atoms with Gasteiger partial charge in [0.05, 0.1) is 14.9 Å². The van der Waals surface area contributed by atoms with Crippen LogP contribution in [0.1, 0.15) is 29.2 Å². The molecule has 0 radical (unpaired) electrons. The second-order valence-electron chi connectivity index (χ2n) is 5.27.